The fraction of sp³-hybridized carbons (Fsp3) is 1.00. The van der Waals surface area contributed by atoms with Crippen LogP contribution >= 0.6 is 0 Å². The first kappa shape index (κ1) is 10.1. The molecule has 1 heterocycles. The van der Waals surface area contributed by atoms with Crippen molar-refractivity contribution in [3.63, 3.8) is 0 Å². The topological polar surface area (TPSA) is 12.0 Å². The van der Waals surface area contributed by atoms with Gasteiger partial charge in [0.2, 0.25) is 0 Å². The molecule has 3 fully saturated rings. The zero-order valence-electron chi connectivity index (χ0n) is 9.88. The Labute approximate surface area is 94.0 Å². The third-order valence-corrected chi connectivity index (χ3v) is 5.23. The molecule has 15 heavy (non-hydrogen) atoms. The van der Waals surface area contributed by atoms with Gasteiger partial charge in [0.1, 0.15) is 0 Å². The molecule has 1 aliphatic heterocycles. The number of nitrogens with one attached hydrogen (secondary N) is 1. The van der Waals surface area contributed by atoms with E-state index in [1.54, 1.807) is 6.42 Å². The van der Waals surface area contributed by atoms with Crippen molar-refractivity contribution in [3.05, 3.63) is 0 Å². The van der Waals surface area contributed by atoms with Crippen molar-refractivity contribution in [1.82, 2.24) is 5.32 Å². The van der Waals surface area contributed by atoms with E-state index in [0.717, 1.165) is 23.8 Å². The van der Waals surface area contributed by atoms with Crippen molar-refractivity contribution in [1.29, 1.82) is 0 Å². The smallest absolute Gasteiger partial charge is 0.00981 e. The van der Waals surface area contributed by atoms with Gasteiger partial charge in [-0.2, -0.15) is 0 Å². The summed E-state index contributed by atoms with van der Waals surface area (Å²) in [6.45, 7) is 1.34. The van der Waals surface area contributed by atoms with Gasteiger partial charge in [0.25, 0.3) is 0 Å². The molecule has 1 N–H and O–H groups in total. The number of hydrogen-bond donors (Lipinski definition) is 1. The average molecular weight is 207 g/mol. The molecular formula is C14H25N. The Morgan fingerprint density at radius 3 is 2.40 bits per heavy atom. The molecule has 86 valence electrons. The molecule has 1 nitrogen and oxygen atoms in total. The Morgan fingerprint density at radius 2 is 1.40 bits per heavy atom. The summed E-state index contributed by atoms with van der Waals surface area (Å²) in [5.74, 6) is 3.19. The first-order valence-corrected chi connectivity index (χ1v) is 7.18. The molecule has 0 aromatic rings. The Morgan fingerprint density at radius 1 is 0.667 bits per heavy atom. The van der Waals surface area contributed by atoms with E-state index in [-0.39, 0.29) is 0 Å². The third-order valence-electron chi connectivity index (χ3n) is 5.23. The quantitative estimate of drug-likeness (QED) is 0.642. The molecule has 0 spiro atoms. The standard InChI is InChI=1S/C14H25N/c1-2-8-13-12-7-5-4-6-11(12)10-15-14(13)9-3-1/h11-15H,1-10H2. The number of rotatable bonds is 0. The van der Waals surface area contributed by atoms with Crippen LogP contribution in [0.4, 0.5) is 0 Å². The van der Waals surface area contributed by atoms with E-state index in [1.165, 1.54) is 57.9 Å². The van der Waals surface area contributed by atoms with Crippen LogP contribution in [0.1, 0.15) is 57.8 Å². The molecule has 2 aliphatic carbocycles. The van der Waals surface area contributed by atoms with Crippen LogP contribution in [0.25, 0.3) is 0 Å². The second kappa shape index (κ2) is 4.45. The molecule has 1 heteroatoms. The van der Waals surface area contributed by atoms with Crippen molar-refractivity contribution >= 4 is 0 Å². The second-order valence-electron chi connectivity index (χ2n) is 6.02. The van der Waals surface area contributed by atoms with Gasteiger partial charge < -0.3 is 5.32 Å². The first-order valence-electron chi connectivity index (χ1n) is 7.18. The van der Waals surface area contributed by atoms with E-state index in [2.05, 4.69) is 5.32 Å². The maximum absolute atomic E-state index is 3.86. The van der Waals surface area contributed by atoms with E-state index in [4.69, 9.17) is 0 Å². The molecule has 4 atom stereocenters. The van der Waals surface area contributed by atoms with Crippen molar-refractivity contribution in [2.24, 2.45) is 17.8 Å². The van der Waals surface area contributed by atoms with Crippen LogP contribution in [-0.2, 0) is 0 Å². The molecule has 0 aromatic carbocycles. The van der Waals surface area contributed by atoms with Gasteiger partial charge in [-0.1, -0.05) is 32.1 Å². The van der Waals surface area contributed by atoms with Crippen LogP contribution < -0.4 is 5.32 Å². The Bertz CT molecular complexity index is 213. The van der Waals surface area contributed by atoms with Gasteiger partial charge in [0, 0.05) is 6.04 Å². The number of hydrogen-bond acceptors (Lipinski definition) is 1. The average Bonchev–Trinajstić information content (AvgIpc) is 2.54. The van der Waals surface area contributed by atoms with Gasteiger partial charge in [-0.3, -0.25) is 0 Å². The molecular weight excluding hydrogens is 182 g/mol. The predicted octanol–water partition coefficient (Wildman–Crippen LogP) is 3.34. The second-order valence-corrected chi connectivity index (χ2v) is 6.02. The lowest BCUT2D eigenvalue weighted by Gasteiger charge is -2.46. The van der Waals surface area contributed by atoms with Crippen molar-refractivity contribution in [2.75, 3.05) is 6.54 Å². The maximum Gasteiger partial charge on any atom is 0.00981 e. The normalized spacial score (nSPS) is 46.4. The summed E-state index contributed by atoms with van der Waals surface area (Å²) in [6, 6.07) is 0.895. The lowest BCUT2D eigenvalue weighted by atomic mass is 9.66. The zero-order valence-corrected chi connectivity index (χ0v) is 9.88. The third kappa shape index (κ3) is 1.95. The molecule has 1 saturated heterocycles. The number of piperidine rings is 1. The van der Waals surface area contributed by atoms with E-state index >= 15 is 0 Å². The summed E-state index contributed by atoms with van der Waals surface area (Å²) in [5.41, 5.74) is 0. The van der Waals surface area contributed by atoms with Crippen LogP contribution in [-0.4, -0.2) is 12.6 Å². The largest absolute Gasteiger partial charge is 0.313 e. The van der Waals surface area contributed by atoms with Gasteiger partial charge in [0.15, 0.2) is 0 Å². The minimum atomic E-state index is 0.895. The van der Waals surface area contributed by atoms with Gasteiger partial charge in [0.05, 0.1) is 0 Å². The summed E-state index contributed by atoms with van der Waals surface area (Å²) < 4.78 is 0. The Balaban J connectivity index is 1.74. The molecule has 0 aromatic heterocycles. The van der Waals surface area contributed by atoms with E-state index < -0.39 is 0 Å². The van der Waals surface area contributed by atoms with Crippen LogP contribution in [0.15, 0.2) is 0 Å². The fourth-order valence-electron chi connectivity index (χ4n) is 4.46. The van der Waals surface area contributed by atoms with E-state index in [0.29, 0.717) is 0 Å². The minimum Gasteiger partial charge on any atom is -0.313 e. The molecule has 4 unspecified atom stereocenters. The highest BCUT2D eigenvalue weighted by Gasteiger charge is 2.39. The first-order chi connectivity index (χ1) is 7.45. The van der Waals surface area contributed by atoms with Gasteiger partial charge in [-0.15, -0.1) is 0 Å². The number of fused-ring (bicyclic) bond motifs is 3. The Kier molecular flexibility index (Phi) is 3.01. The molecule has 3 rings (SSSR count). The van der Waals surface area contributed by atoms with Gasteiger partial charge in [-0.05, 0) is 50.0 Å². The molecule has 0 amide bonds. The summed E-state index contributed by atoms with van der Waals surface area (Å²) in [7, 11) is 0. The molecule has 2 saturated carbocycles. The lowest BCUT2D eigenvalue weighted by molar-refractivity contribution is 0.0764. The highest BCUT2D eigenvalue weighted by Crippen LogP contribution is 2.43. The van der Waals surface area contributed by atoms with Crippen molar-refractivity contribution in [3.8, 4) is 0 Å². The summed E-state index contributed by atoms with van der Waals surface area (Å²) >= 11 is 0. The van der Waals surface area contributed by atoms with Crippen LogP contribution in [0.3, 0.4) is 0 Å². The highest BCUT2D eigenvalue weighted by atomic mass is 14.9. The lowest BCUT2D eigenvalue weighted by Crippen LogP contribution is -2.51. The molecule has 3 aliphatic rings. The van der Waals surface area contributed by atoms with Gasteiger partial charge >= 0.3 is 0 Å². The minimum absolute atomic E-state index is 0.895. The van der Waals surface area contributed by atoms with E-state index in [1.807, 2.05) is 0 Å². The van der Waals surface area contributed by atoms with Crippen molar-refractivity contribution in [2.45, 2.75) is 63.8 Å². The maximum atomic E-state index is 3.86. The SMILES string of the molecule is C1CCC2NCC3CCCCC3C2CC1. The fourth-order valence-corrected chi connectivity index (χ4v) is 4.46. The summed E-state index contributed by atoms with van der Waals surface area (Å²) in [6.07, 6.45) is 13.6. The van der Waals surface area contributed by atoms with Crippen LogP contribution in [0.5, 0.6) is 0 Å². The summed E-state index contributed by atoms with van der Waals surface area (Å²) in [5, 5.41) is 3.86. The monoisotopic (exact) mass is 207 g/mol. The van der Waals surface area contributed by atoms with Crippen LogP contribution in [0.2, 0.25) is 0 Å². The van der Waals surface area contributed by atoms with Crippen molar-refractivity contribution < 1.29 is 0 Å². The summed E-state index contributed by atoms with van der Waals surface area (Å²) in [4.78, 5) is 0. The van der Waals surface area contributed by atoms with Crippen LogP contribution in [0, 0.1) is 17.8 Å². The van der Waals surface area contributed by atoms with E-state index in [9.17, 15) is 0 Å². The Hall–Kier alpha value is -0.0400. The predicted molar refractivity (Wildman–Crippen MR) is 63.8 cm³/mol. The zero-order chi connectivity index (χ0) is 10.1. The highest BCUT2D eigenvalue weighted by molar-refractivity contribution is 4.94. The van der Waals surface area contributed by atoms with Gasteiger partial charge in [-0.25, -0.2) is 0 Å². The molecule has 0 radical (unpaired) electrons. The molecule has 0 bridgehead atoms.